The van der Waals surface area contributed by atoms with Crippen molar-refractivity contribution in [1.29, 1.82) is 0 Å². The molecule has 11 aromatic rings. The molecule has 10 aromatic carbocycles. The van der Waals surface area contributed by atoms with Gasteiger partial charge < -0.3 is 9.47 Å². The van der Waals surface area contributed by atoms with E-state index >= 15 is 0 Å². The van der Waals surface area contributed by atoms with Gasteiger partial charge in [-0.25, -0.2) is 0 Å². The van der Waals surface area contributed by atoms with E-state index in [0.29, 0.717) is 0 Å². The van der Waals surface area contributed by atoms with E-state index in [0.717, 1.165) is 22.7 Å². The van der Waals surface area contributed by atoms with Crippen LogP contribution in [0.15, 0.2) is 206 Å². The van der Waals surface area contributed by atoms with Crippen molar-refractivity contribution in [1.82, 2.24) is 4.57 Å². The van der Waals surface area contributed by atoms with Crippen LogP contribution in [0.1, 0.15) is 25.0 Å². The van der Waals surface area contributed by atoms with Crippen LogP contribution in [0.3, 0.4) is 0 Å². The number of benzene rings is 10. The molecule has 2 nitrogen and oxygen atoms in total. The molecule has 2 heteroatoms. The molecule has 1 aromatic heterocycles. The van der Waals surface area contributed by atoms with Gasteiger partial charge in [0.1, 0.15) is 0 Å². The van der Waals surface area contributed by atoms with Gasteiger partial charge in [0.05, 0.1) is 11.0 Å². The van der Waals surface area contributed by atoms with Crippen molar-refractivity contribution in [2.24, 2.45) is 0 Å². The lowest BCUT2D eigenvalue weighted by molar-refractivity contribution is 0.660. The van der Waals surface area contributed by atoms with E-state index in [2.05, 4.69) is 230 Å². The monoisotopic (exact) mass is 752 g/mol. The topological polar surface area (TPSA) is 8.17 Å². The number of rotatable bonds is 5. The second kappa shape index (κ2) is 12.8. The molecule has 1 aliphatic carbocycles. The highest BCUT2D eigenvalue weighted by atomic mass is 15.1. The fraction of sp³-hybridized carbons (Fsp3) is 0.0526. The summed E-state index contributed by atoms with van der Waals surface area (Å²) in [4.78, 5) is 2.46. The summed E-state index contributed by atoms with van der Waals surface area (Å²) in [6.45, 7) is 4.73. The highest BCUT2D eigenvalue weighted by Gasteiger charge is 2.36. The third kappa shape index (κ3) is 5.06. The van der Waals surface area contributed by atoms with E-state index in [-0.39, 0.29) is 5.41 Å². The third-order valence-corrected chi connectivity index (χ3v) is 12.9. The lowest BCUT2D eigenvalue weighted by Crippen LogP contribution is -2.16. The Morgan fingerprint density at radius 2 is 0.966 bits per heavy atom. The van der Waals surface area contributed by atoms with Crippen LogP contribution >= 0.6 is 0 Å². The van der Waals surface area contributed by atoms with E-state index in [1.165, 1.54) is 87.5 Å². The zero-order chi connectivity index (χ0) is 39.2. The second-order valence-electron chi connectivity index (χ2n) is 16.5. The number of nitrogens with zero attached hydrogens (tertiary/aromatic N) is 2. The molecular weight excluding hydrogens is 713 g/mol. The molecule has 0 fully saturated rings. The largest absolute Gasteiger partial charge is 0.310 e. The van der Waals surface area contributed by atoms with Crippen LogP contribution in [0, 0.1) is 0 Å². The van der Waals surface area contributed by atoms with Crippen LogP contribution in [0.4, 0.5) is 17.1 Å². The van der Waals surface area contributed by atoms with Gasteiger partial charge in [-0.05, 0) is 115 Å². The maximum atomic E-state index is 2.49. The molecule has 0 atom stereocenters. The SMILES string of the molecule is CC1(C)c2ccccc2-c2ccc(N(c3ccc4ccccc4c3)c3ccc4c(c3)c3c5ccccc5c5ccccc5c3n4-c3ccc(-c4ccccc4)cc3)cc21. The van der Waals surface area contributed by atoms with Crippen LogP contribution in [-0.2, 0) is 5.41 Å². The first-order valence-corrected chi connectivity index (χ1v) is 20.6. The smallest absolute Gasteiger partial charge is 0.0625 e. The average molecular weight is 753 g/mol. The predicted molar refractivity (Wildman–Crippen MR) is 251 cm³/mol. The highest BCUT2D eigenvalue weighted by molar-refractivity contribution is 6.32. The van der Waals surface area contributed by atoms with Crippen molar-refractivity contribution in [3.8, 4) is 27.9 Å². The maximum Gasteiger partial charge on any atom is 0.0625 e. The molecule has 0 spiro atoms. The molecule has 1 aliphatic rings. The Labute approximate surface area is 343 Å². The summed E-state index contributed by atoms with van der Waals surface area (Å²) in [5, 5.41) is 10.00. The van der Waals surface area contributed by atoms with Gasteiger partial charge in [0.15, 0.2) is 0 Å². The number of hydrogen-bond donors (Lipinski definition) is 0. The highest BCUT2D eigenvalue weighted by Crippen LogP contribution is 2.51. The van der Waals surface area contributed by atoms with Crippen LogP contribution in [-0.4, -0.2) is 4.57 Å². The molecule has 0 unspecified atom stereocenters. The van der Waals surface area contributed by atoms with Crippen LogP contribution < -0.4 is 4.90 Å². The van der Waals surface area contributed by atoms with Gasteiger partial charge in [-0.3, -0.25) is 0 Å². The van der Waals surface area contributed by atoms with Crippen LogP contribution in [0.25, 0.3) is 82.1 Å². The Morgan fingerprint density at radius 3 is 1.78 bits per heavy atom. The molecule has 0 amide bonds. The lowest BCUT2D eigenvalue weighted by Gasteiger charge is -2.28. The number of anilines is 3. The van der Waals surface area contributed by atoms with Crippen molar-refractivity contribution in [2.75, 3.05) is 4.90 Å². The number of fused-ring (bicyclic) bond motifs is 12. The summed E-state index contributed by atoms with van der Waals surface area (Å²) in [5.74, 6) is 0. The number of hydrogen-bond acceptors (Lipinski definition) is 1. The standard InChI is InChI=1S/C57H40N2/c1-57(2)52-23-13-12-20-47(52)48-32-30-44(36-53(48)57)58(42-29-26-38-16-6-7-17-40(38)34-42)43-31-33-54-51(35-43)55-49-21-10-8-18-45(49)46-19-9-11-22-50(46)56(55)59(54)41-27-24-39(25-28-41)37-14-4-3-5-15-37/h3-36H,1-2H3. The first-order valence-electron chi connectivity index (χ1n) is 20.6. The summed E-state index contributed by atoms with van der Waals surface area (Å²) >= 11 is 0. The average Bonchev–Trinajstić information content (AvgIpc) is 3.75. The summed E-state index contributed by atoms with van der Waals surface area (Å²) in [5.41, 5.74) is 14.7. The zero-order valence-corrected chi connectivity index (χ0v) is 33.0. The molecule has 0 aliphatic heterocycles. The Hall–Kier alpha value is -7.42. The minimum atomic E-state index is -0.121. The molecule has 0 saturated heterocycles. The molecule has 0 radical (unpaired) electrons. The van der Waals surface area contributed by atoms with Crippen molar-refractivity contribution < 1.29 is 0 Å². The van der Waals surface area contributed by atoms with E-state index in [4.69, 9.17) is 0 Å². The first kappa shape index (κ1) is 33.7. The van der Waals surface area contributed by atoms with Gasteiger partial charge in [0, 0.05) is 44.3 Å². The molecule has 59 heavy (non-hydrogen) atoms. The van der Waals surface area contributed by atoms with Gasteiger partial charge in [0.25, 0.3) is 0 Å². The molecule has 278 valence electrons. The quantitative estimate of drug-likeness (QED) is 0.159. The molecule has 12 rings (SSSR count). The van der Waals surface area contributed by atoms with E-state index in [9.17, 15) is 0 Å². The summed E-state index contributed by atoms with van der Waals surface area (Å²) < 4.78 is 2.49. The number of aromatic nitrogens is 1. The summed E-state index contributed by atoms with van der Waals surface area (Å²) in [6.07, 6.45) is 0. The normalized spacial score (nSPS) is 13.1. The van der Waals surface area contributed by atoms with Gasteiger partial charge in [-0.2, -0.15) is 0 Å². The summed E-state index contributed by atoms with van der Waals surface area (Å²) in [7, 11) is 0. The fourth-order valence-electron chi connectivity index (χ4n) is 10.1. The molecular formula is C57H40N2. The Kier molecular flexibility index (Phi) is 7.31. The first-order chi connectivity index (χ1) is 29.0. The molecule has 1 heterocycles. The third-order valence-electron chi connectivity index (χ3n) is 12.9. The minimum absolute atomic E-state index is 0.121. The molecule has 0 bridgehead atoms. The lowest BCUT2D eigenvalue weighted by atomic mass is 9.82. The second-order valence-corrected chi connectivity index (χ2v) is 16.5. The summed E-state index contributed by atoms with van der Waals surface area (Å²) in [6, 6.07) is 76.2. The minimum Gasteiger partial charge on any atom is -0.310 e. The van der Waals surface area contributed by atoms with E-state index < -0.39 is 0 Å². The maximum absolute atomic E-state index is 2.49. The van der Waals surface area contributed by atoms with Crippen molar-refractivity contribution in [3.05, 3.63) is 217 Å². The van der Waals surface area contributed by atoms with Gasteiger partial charge in [0.2, 0.25) is 0 Å². The molecule has 0 N–H and O–H groups in total. The Morgan fingerprint density at radius 1 is 0.390 bits per heavy atom. The van der Waals surface area contributed by atoms with Crippen molar-refractivity contribution >= 4 is 71.2 Å². The Balaban J connectivity index is 1.14. The van der Waals surface area contributed by atoms with Crippen molar-refractivity contribution in [2.45, 2.75) is 19.3 Å². The van der Waals surface area contributed by atoms with E-state index in [1.54, 1.807) is 0 Å². The van der Waals surface area contributed by atoms with E-state index in [1.807, 2.05) is 0 Å². The fourth-order valence-corrected chi connectivity index (χ4v) is 10.1. The van der Waals surface area contributed by atoms with Crippen molar-refractivity contribution in [3.63, 3.8) is 0 Å². The van der Waals surface area contributed by atoms with Crippen LogP contribution in [0.2, 0.25) is 0 Å². The Bertz CT molecular complexity index is 3460. The van der Waals surface area contributed by atoms with Gasteiger partial charge in [-0.1, -0.05) is 166 Å². The van der Waals surface area contributed by atoms with Crippen LogP contribution in [0.5, 0.6) is 0 Å². The zero-order valence-electron chi connectivity index (χ0n) is 33.0. The predicted octanol–water partition coefficient (Wildman–Crippen LogP) is 15.7. The van der Waals surface area contributed by atoms with Gasteiger partial charge in [-0.15, -0.1) is 0 Å². The molecule has 0 saturated carbocycles. The van der Waals surface area contributed by atoms with Gasteiger partial charge >= 0.3 is 0 Å².